The molecule has 39 heavy (non-hydrogen) atoms. The number of nitriles is 1. The van der Waals surface area contributed by atoms with Crippen molar-refractivity contribution in [3.05, 3.63) is 48.6 Å². The van der Waals surface area contributed by atoms with Gasteiger partial charge in [0.15, 0.2) is 5.82 Å². The topological polar surface area (TPSA) is 197 Å². The van der Waals surface area contributed by atoms with E-state index in [1.165, 1.54) is 22.7 Å². The van der Waals surface area contributed by atoms with Gasteiger partial charge in [-0.05, 0) is 68.2 Å². The van der Waals surface area contributed by atoms with Gasteiger partial charge in [-0.2, -0.15) is 10.5 Å². The molecular formula is C25H27N9O3S2. The third kappa shape index (κ3) is 4.21. The zero-order chi connectivity index (χ0) is 27.5. The minimum atomic E-state index is -0.984. The van der Waals surface area contributed by atoms with Crippen molar-refractivity contribution in [2.45, 2.75) is 62.6 Å². The molecule has 3 aromatic heterocycles. The highest BCUT2D eigenvalue weighted by Crippen LogP contribution is 2.51. The lowest BCUT2D eigenvalue weighted by atomic mass is 9.70. The van der Waals surface area contributed by atoms with Crippen molar-refractivity contribution in [3.8, 4) is 6.07 Å². The van der Waals surface area contributed by atoms with E-state index in [0.29, 0.717) is 40.8 Å². The first kappa shape index (κ1) is 25.6. The van der Waals surface area contributed by atoms with E-state index in [4.69, 9.17) is 11.5 Å². The van der Waals surface area contributed by atoms with Gasteiger partial charge in [0.25, 0.3) is 11.8 Å². The van der Waals surface area contributed by atoms with Gasteiger partial charge in [0.2, 0.25) is 5.91 Å². The second-order valence-corrected chi connectivity index (χ2v) is 12.8. The molecule has 4 atom stereocenters. The average Bonchev–Trinajstić information content (AvgIpc) is 3.42. The molecule has 12 nitrogen and oxygen atoms in total. The van der Waals surface area contributed by atoms with Gasteiger partial charge in [0.1, 0.15) is 6.04 Å². The zero-order valence-corrected chi connectivity index (χ0v) is 22.8. The van der Waals surface area contributed by atoms with Crippen molar-refractivity contribution >= 4 is 40.4 Å². The van der Waals surface area contributed by atoms with Crippen LogP contribution in [0.3, 0.4) is 0 Å². The molecule has 2 fully saturated rings. The number of piperidine rings is 1. The van der Waals surface area contributed by atoms with E-state index in [0.717, 1.165) is 33.7 Å². The summed E-state index contributed by atoms with van der Waals surface area (Å²) < 4.78 is 0. The lowest BCUT2D eigenvalue weighted by Gasteiger charge is -2.34. The van der Waals surface area contributed by atoms with E-state index < -0.39 is 17.2 Å². The van der Waals surface area contributed by atoms with Gasteiger partial charge < -0.3 is 21.7 Å². The summed E-state index contributed by atoms with van der Waals surface area (Å²) in [5, 5.41) is 28.1. The van der Waals surface area contributed by atoms with Gasteiger partial charge >= 0.3 is 0 Å². The second-order valence-electron chi connectivity index (χ2n) is 10.5. The molecule has 0 spiro atoms. The number of nitrogens with one attached hydrogen (secondary N) is 2. The Balaban J connectivity index is 1.38. The minimum absolute atomic E-state index is 0.0803. The van der Waals surface area contributed by atoms with Gasteiger partial charge in [-0.15, -0.1) is 32.9 Å². The fourth-order valence-corrected chi connectivity index (χ4v) is 8.46. The summed E-state index contributed by atoms with van der Waals surface area (Å²) in [6.07, 6.45) is 3.40. The number of aromatic amines is 1. The first-order chi connectivity index (χ1) is 18.7. The maximum absolute atomic E-state index is 13.1. The molecule has 4 heterocycles. The summed E-state index contributed by atoms with van der Waals surface area (Å²) in [5.74, 6) is -0.305. The number of H-pyrrole nitrogens is 1. The summed E-state index contributed by atoms with van der Waals surface area (Å²) in [5.41, 5.74) is 12.0. The number of aryl methyl sites for hydroxylation is 2. The van der Waals surface area contributed by atoms with E-state index in [-0.39, 0.29) is 30.6 Å². The molecular weight excluding hydrogens is 538 g/mol. The van der Waals surface area contributed by atoms with E-state index in [9.17, 15) is 19.6 Å². The molecule has 6 N–H and O–H groups in total. The molecule has 0 bridgehead atoms. The van der Waals surface area contributed by atoms with Crippen molar-refractivity contribution in [1.82, 2.24) is 30.8 Å². The van der Waals surface area contributed by atoms with Crippen LogP contribution in [0, 0.1) is 17.2 Å². The van der Waals surface area contributed by atoms with E-state index in [1.807, 2.05) is 6.92 Å². The molecule has 1 saturated carbocycles. The van der Waals surface area contributed by atoms with Gasteiger partial charge in [0, 0.05) is 21.8 Å². The van der Waals surface area contributed by atoms with E-state index in [2.05, 4.69) is 32.0 Å². The van der Waals surface area contributed by atoms with Crippen molar-refractivity contribution in [2.75, 3.05) is 6.54 Å². The largest absolute Gasteiger partial charge is 0.365 e. The molecule has 3 aromatic rings. The Morgan fingerprint density at radius 2 is 1.82 bits per heavy atom. The number of thiophene rings is 2. The Hall–Kier alpha value is -3.67. The molecule has 3 aliphatic rings. The summed E-state index contributed by atoms with van der Waals surface area (Å²) >= 11 is 2.70. The molecule has 0 radical (unpaired) electrons. The lowest BCUT2D eigenvalue weighted by molar-refractivity contribution is -0.131. The number of tetrazole rings is 1. The molecule has 6 rings (SSSR count). The van der Waals surface area contributed by atoms with Gasteiger partial charge in [0.05, 0.1) is 27.8 Å². The van der Waals surface area contributed by atoms with Crippen LogP contribution in [0.1, 0.15) is 72.2 Å². The van der Waals surface area contributed by atoms with Crippen molar-refractivity contribution in [2.24, 2.45) is 17.4 Å². The highest BCUT2D eigenvalue weighted by atomic mass is 32.1. The minimum Gasteiger partial charge on any atom is -0.365 e. The molecule has 0 unspecified atom stereocenters. The number of nitrogens with zero attached hydrogens (tertiary/aromatic N) is 5. The maximum atomic E-state index is 13.1. The fraction of sp³-hybridized carbons (Fsp3) is 0.480. The predicted molar refractivity (Wildman–Crippen MR) is 142 cm³/mol. The molecule has 1 saturated heterocycles. The third-order valence-electron chi connectivity index (χ3n) is 8.08. The first-order valence-electron chi connectivity index (χ1n) is 12.8. The standard InChI is InChI=1S/C25H27N9O3S2/c1-11(29-10-21(35)34-13(9-26)4-12-5-16(12)34)8-25(24-30-32-33-31-24)14-6-19(22(27)36)38-17(14)2-3-18-15(25)7-20(39-18)23(28)37/h6-7,11-13,16,29H,2-5,8,10H2,1H3,(H2,27,36)(H2,28,37)(H,30,31,32,33)/t11-,12+,13-,16-/m0/s1. The van der Waals surface area contributed by atoms with Crippen LogP contribution in [-0.2, 0) is 23.1 Å². The SMILES string of the molecule is C[C@@H](CC1(c2nn[nH]n2)c2cc(C(N)=O)sc2CCc2sc(C(N)=O)cc21)NCC(=O)N1[C@H](C#N)C[C@@H]2C[C@@H]21. The number of fused-ring (bicyclic) bond motifs is 3. The second kappa shape index (κ2) is 9.51. The van der Waals surface area contributed by atoms with Crippen molar-refractivity contribution < 1.29 is 14.4 Å². The van der Waals surface area contributed by atoms with Crippen LogP contribution in [-0.4, -0.2) is 67.9 Å². The lowest BCUT2D eigenvalue weighted by Crippen LogP contribution is -2.46. The summed E-state index contributed by atoms with van der Waals surface area (Å²) in [4.78, 5) is 42.1. The molecule has 1 aliphatic heterocycles. The number of likely N-dealkylation sites (tertiary alicyclic amines) is 1. The zero-order valence-electron chi connectivity index (χ0n) is 21.1. The number of nitrogens with two attached hydrogens (primary N) is 2. The third-order valence-corrected chi connectivity index (χ3v) is 10.5. The van der Waals surface area contributed by atoms with Crippen LogP contribution in [0.2, 0.25) is 0 Å². The number of hydrogen-bond donors (Lipinski definition) is 4. The number of aromatic nitrogens is 4. The Bertz CT molecular complexity index is 1440. The highest BCUT2D eigenvalue weighted by Gasteiger charge is 2.54. The van der Waals surface area contributed by atoms with Gasteiger partial charge in [-0.1, -0.05) is 5.21 Å². The highest BCUT2D eigenvalue weighted by molar-refractivity contribution is 7.15. The van der Waals surface area contributed by atoms with Crippen LogP contribution >= 0.6 is 22.7 Å². The van der Waals surface area contributed by atoms with Crippen LogP contribution < -0.4 is 16.8 Å². The molecule has 3 amide bonds. The number of amides is 3. The number of carbonyl (C=O) groups excluding carboxylic acids is 3. The summed E-state index contributed by atoms with van der Waals surface area (Å²) in [6, 6.07) is 5.42. The van der Waals surface area contributed by atoms with Crippen LogP contribution in [0.15, 0.2) is 12.1 Å². The number of primary amides is 2. The molecule has 2 aliphatic carbocycles. The van der Waals surface area contributed by atoms with Crippen LogP contribution in [0.5, 0.6) is 0 Å². The number of rotatable bonds is 8. The maximum Gasteiger partial charge on any atom is 0.258 e. The Kier molecular flexibility index (Phi) is 6.24. The number of hydrogen-bond acceptors (Lipinski definition) is 10. The van der Waals surface area contributed by atoms with Crippen molar-refractivity contribution in [1.29, 1.82) is 5.26 Å². The monoisotopic (exact) mass is 565 g/mol. The molecule has 202 valence electrons. The number of carbonyl (C=O) groups is 3. The Morgan fingerprint density at radius 1 is 1.18 bits per heavy atom. The average molecular weight is 566 g/mol. The Morgan fingerprint density at radius 3 is 2.36 bits per heavy atom. The fourth-order valence-electron chi connectivity index (χ4n) is 6.28. The van der Waals surface area contributed by atoms with Crippen LogP contribution in [0.4, 0.5) is 0 Å². The molecule has 14 heteroatoms. The summed E-state index contributed by atoms with van der Waals surface area (Å²) in [6.45, 7) is 2.05. The van der Waals surface area contributed by atoms with Crippen molar-refractivity contribution in [3.63, 3.8) is 0 Å². The predicted octanol–water partition coefficient (Wildman–Crippen LogP) is 0.835. The van der Waals surface area contributed by atoms with Crippen LogP contribution in [0.25, 0.3) is 0 Å². The smallest absolute Gasteiger partial charge is 0.258 e. The Labute approximate surface area is 231 Å². The van der Waals surface area contributed by atoms with E-state index in [1.54, 1.807) is 17.0 Å². The summed E-state index contributed by atoms with van der Waals surface area (Å²) in [7, 11) is 0. The van der Waals surface area contributed by atoms with E-state index >= 15 is 0 Å². The normalized spacial score (nSPS) is 23.2. The quantitative estimate of drug-likeness (QED) is 0.308. The molecule has 0 aromatic carbocycles. The van der Waals surface area contributed by atoms with Gasteiger partial charge in [-0.3, -0.25) is 14.4 Å². The first-order valence-corrected chi connectivity index (χ1v) is 14.4. The van der Waals surface area contributed by atoms with Gasteiger partial charge in [-0.25, -0.2) is 0 Å².